The Morgan fingerprint density at radius 1 is 1.32 bits per heavy atom. The molecular formula is C14H17IN2O2. The number of hydrogen-bond acceptors (Lipinski definition) is 2. The smallest absolute Gasteiger partial charge is 0.253 e. The summed E-state index contributed by atoms with van der Waals surface area (Å²) < 4.78 is 1.05. The zero-order valence-electron chi connectivity index (χ0n) is 11.1. The number of nitrogens with one attached hydrogen (secondary N) is 1. The Labute approximate surface area is 126 Å². The van der Waals surface area contributed by atoms with Crippen molar-refractivity contribution < 1.29 is 9.59 Å². The molecule has 0 aliphatic carbocycles. The Morgan fingerprint density at radius 2 is 2.00 bits per heavy atom. The topological polar surface area (TPSA) is 49.4 Å². The first-order valence-electron chi connectivity index (χ1n) is 6.41. The monoisotopic (exact) mass is 372 g/mol. The van der Waals surface area contributed by atoms with E-state index in [1.165, 1.54) is 0 Å². The molecule has 0 spiro atoms. The van der Waals surface area contributed by atoms with Gasteiger partial charge < -0.3 is 10.2 Å². The van der Waals surface area contributed by atoms with Gasteiger partial charge in [0, 0.05) is 9.26 Å². The van der Waals surface area contributed by atoms with Crippen molar-refractivity contribution in [2.45, 2.75) is 32.2 Å². The molecule has 2 rings (SSSR count). The highest BCUT2D eigenvalue weighted by atomic mass is 127. The molecule has 1 fully saturated rings. The first-order chi connectivity index (χ1) is 9.02. The second-order valence-electron chi connectivity index (χ2n) is 4.71. The molecule has 5 heteroatoms. The largest absolute Gasteiger partial charge is 0.340 e. The molecule has 1 heterocycles. The number of anilines is 1. The molecule has 0 aromatic heterocycles. The van der Waals surface area contributed by atoms with Gasteiger partial charge in [0.1, 0.15) is 12.1 Å². The van der Waals surface area contributed by atoms with Crippen molar-refractivity contribution in [3.05, 3.63) is 27.8 Å². The van der Waals surface area contributed by atoms with Crippen LogP contribution in [0.3, 0.4) is 0 Å². The van der Waals surface area contributed by atoms with Crippen LogP contribution in [0.15, 0.2) is 24.3 Å². The first kappa shape index (κ1) is 14.3. The molecule has 1 aromatic rings. The van der Waals surface area contributed by atoms with E-state index in [0.717, 1.165) is 9.26 Å². The van der Waals surface area contributed by atoms with Crippen LogP contribution in [0, 0.1) is 3.57 Å². The van der Waals surface area contributed by atoms with Crippen molar-refractivity contribution in [1.29, 1.82) is 0 Å². The lowest BCUT2D eigenvalue weighted by atomic mass is 9.88. The second-order valence-corrected chi connectivity index (χ2v) is 5.95. The first-order valence-corrected chi connectivity index (χ1v) is 7.49. The molecule has 102 valence electrons. The average molecular weight is 372 g/mol. The standard InChI is InChI=1S/C14H17IN2O2/c1-3-14(4-2)13(19)17(9-12(18)16-14)11-7-5-6-10(15)8-11/h5-8H,3-4,9H2,1-2H3,(H,16,18). The number of benzene rings is 1. The number of nitrogens with zero attached hydrogens (tertiary/aromatic N) is 1. The van der Waals surface area contributed by atoms with Crippen molar-refractivity contribution in [2.24, 2.45) is 0 Å². The minimum absolute atomic E-state index is 0.0147. The van der Waals surface area contributed by atoms with E-state index in [4.69, 9.17) is 0 Å². The van der Waals surface area contributed by atoms with Gasteiger partial charge >= 0.3 is 0 Å². The van der Waals surface area contributed by atoms with Gasteiger partial charge in [-0.15, -0.1) is 0 Å². The molecule has 0 saturated carbocycles. The molecule has 1 N–H and O–H groups in total. The predicted octanol–water partition coefficient (Wildman–Crippen LogP) is 2.31. The molecule has 0 unspecified atom stereocenters. The van der Waals surface area contributed by atoms with Crippen molar-refractivity contribution in [3.63, 3.8) is 0 Å². The van der Waals surface area contributed by atoms with Crippen LogP contribution >= 0.6 is 22.6 Å². The summed E-state index contributed by atoms with van der Waals surface area (Å²) in [4.78, 5) is 26.2. The molecule has 2 amide bonds. The van der Waals surface area contributed by atoms with E-state index < -0.39 is 5.54 Å². The summed E-state index contributed by atoms with van der Waals surface area (Å²) in [5, 5.41) is 2.86. The van der Waals surface area contributed by atoms with Crippen LogP contribution in [0.25, 0.3) is 0 Å². The number of halogens is 1. The Kier molecular flexibility index (Phi) is 4.13. The van der Waals surface area contributed by atoms with Crippen LogP contribution < -0.4 is 10.2 Å². The van der Waals surface area contributed by atoms with Gasteiger partial charge in [-0.05, 0) is 53.6 Å². The molecule has 1 aliphatic heterocycles. The lowest BCUT2D eigenvalue weighted by molar-refractivity contribution is -0.136. The molecule has 0 atom stereocenters. The molecular weight excluding hydrogens is 355 g/mol. The highest BCUT2D eigenvalue weighted by Gasteiger charge is 2.44. The third-order valence-electron chi connectivity index (χ3n) is 3.66. The van der Waals surface area contributed by atoms with E-state index in [0.29, 0.717) is 12.8 Å². The van der Waals surface area contributed by atoms with Gasteiger partial charge in [0.2, 0.25) is 5.91 Å². The Hall–Kier alpha value is -1.11. The third-order valence-corrected chi connectivity index (χ3v) is 4.33. The summed E-state index contributed by atoms with van der Waals surface area (Å²) >= 11 is 2.20. The van der Waals surface area contributed by atoms with Gasteiger partial charge in [0.15, 0.2) is 0 Å². The van der Waals surface area contributed by atoms with Gasteiger partial charge in [-0.3, -0.25) is 9.59 Å². The lowest BCUT2D eigenvalue weighted by Crippen LogP contribution is -2.66. The van der Waals surface area contributed by atoms with E-state index in [1.807, 2.05) is 38.1 Å². The molecule has 1 aliphatic rings. The van der Waals surface area contributed by atoms with Crippen molar-refractivity contribution in [2.75, 3.05) is 11.4 Å². The number of carbonyl (C=O) groups excluding carboxylic acids is 2. The van der Waals surface area contributed by atoms with E-state index in [-0.39, 0.29) is 18.4 Å². The maximum Gasteiger partial charge on any atom is 0.253 e. The minimum atomic E-state index is -0.753. The number of carbonyl (C=O) groups is 2. The van der Waals surface area contributed by atoms with Gasteiger partial charge in [0.05, 0.1) is 0 Å². The summed E-state index contributed by atoms with van der Waals surface area (Å²) in [5.74, 6) is -0.110. The Morgan fingerprint density at radius 3 is 2.58 bits per heavy atom. The van der Waals surface area contributed by atoms with Crippen molar-refractivity contribution in [1.82, 2.24) is 5.32 Å². The van der Waals surface area contributed by atoms with Gasteiger partial charge in [0.25, 0.3) is 5.91 Å². The van der Waals surface area contributed by atoms with Crippen LogP contribution in [0.4, 0.5) is 5.69 Å². The summed E-state index contributed by atoms with van der Waals surface area (Å²) in [6.45, 7) is 3.96. The van der Waals surface area contributed by atoms with Crippen LogP contribution in [0.5, 0.6) is 0 Å². The van der Waals surface area contributed by atoms with Crippen LogP contribution in [0.1, 0.15) is 26.7 Å². The van der Waals surface area contributed by atoms with E-state index in [2.05, 4.69) is 27.9 Å². The van der Waals surface area contributed by atoms with Gasteiger partial charge in [-0.25, -0.2) is 0 Å². The molecule has 1 aromatic carbocycles. The Bertz CT molecular complexity index is 512. The number of amides is 2. The van der Waals surface area contributed by atoms with E-state index in [1.54, 1.807) is 4.90 Å². The summed E-state index contributed by atoms with van der Waals surface area (Å²) in [7, 11) is 0. The molecule has 0 radical (unpaired) electrons. The minimum Gasteiger partial charge on any atom is -0.340 e. The maximum atomic E-state index is 12.7. The van der Waals surface area contributed by atoms with Gasteiger partial charge in [-0.2, -0.15) is 0 Å². The summed E-state index contributed by atoms with van der Waals surface area (Å²) in [6, 6.07) is 7.66. The molecule has 0 bridgehead atoms. The van der Waals surface area contributed by atoms with Crippen LogP contribution in [-0.4, -0.2) is 23.9 Å². The zero-order chi connectivity index (χ0) is 14.0. The van der Waals surface area contributed by atoms with Crippen molar-refractivity contribution in [3.8, 4) is 0 Å². The lowest BCUT2D eigenvalue weighted by Gasteiger charge is -2.41. The quantitative estimate of drug-likeness (QED) is 0.828. The van der Waals surface area contributed by atoms with Gasteiger partial charge in [-0.1, -0.05) is 19.9 Å². The van der Waals surface area contributed by atoms with E-state index in [9.17, 15) is 9.59 Å². The van der Waals surface area contributed by atoms with Crippen LogP contribution in [0.2, 0.25) is 0 Å². The number of piperazine rings is 1. The van der Waals surface area contributed by atoms with Crippen LogP contribution in [-0.2, 0) is 9.59 Å². The fourth-order valence-electron chi connectivity index (χ4n) is 2.42. The SMILES string of the molecule is CCC1(CC)NC(=O)CN(c2cccc(I)c2)C1=O. The second kappa shape index (κ2) is 5.48. The number of rotatable bonds is 3. The maximum absolute atomic E-state index is 12.7. The highest BCUT2D eigenvalue weighted by Crippen LogP contribution is 2.27. The number of hydrogen-bond donors (Lipinski definition) is 1. The fourth-order valence-corrected chi connectivity index (χ4v) is 2.94. The normalized spacial score (nSPS) is 18.4. The molecule has 1 saturated heterocycles. The third kappa shape index (κ3) is 2.61. The Balaban J connectivity index is 2.40. The average Bonchev–Trinajstić information content (AvgIpc) is 2.41. The molecule has 4 nitrogen and oxygen atoms in total. The van der Waals surface area contributed by atoms with Crippen molar-refractivity contribution >= 4 is 40.1 Å². The summed E-state index contributed by atoms with van der Waals surface area (Å²) in [5.41, 5.74) is 0.0365. The predicted molar refractivity (Wildman–Crippen MR) is 83.0 cm³/mol. The zero-order valence-corrected chi connectivity index (χ0v) is 13.2. The molecule has 19 heavy (non-hydrogen) atoms. The fraction of sp³-hybridized carbons (Fsp3) is 0.429. The van der Waals surface area contributed by atoms with E-state index >= 15 is 0 Å². The highest BCUT2D eigenvalue weighted by molar-refractivity contribution is 14.1. The summed E-state index contributed by atoms with van der Waals surface area (Å²) in [6.07, 6.45) is 1.21.